The molecule has 0 saturated heterocycles. The maximum atomic E-state index is 8.57. The highest BCUT2D eigenvalue weighted by atomic mass is 35.5. The first-order valence-corrected chi connectivity index (χ1v) is 3.17. The van der Waals surface area contributed by atoms with Crippen molar-refractivity contribution in [2.75, 3.05) is 6.61 Å². The maximum absolute atomic E-state index is 8.57. The summed E-state index contributed by atoms with van der Waals surface area (Å²) in [6.07, 6.45) is 4.00. The summed E-state index contributed by atoms with van der Waals surface area (Å²) in [6, 6.07) is -0.203. The minimum absolute atomic E-state index is 0. The molecule has 0 amide bonds. The van der Waals surface area contributed by atoms with Gasteiger partial charge in [-0.05, 0) is 0 Å². The van der Waals surface area contributed by atoms with E-state index in [2.05, 4.69) is 9.97 Å². The third-order valence-electron chi connectivity index (χ3n) is 1.24. The van der Waals surface area contributed by atoms with Crippen molar-refractivity contribution in [3.63, 3.8) is 0 Å². The number of aromatic nitrogens is 2. The van der Waals surface area contributed by atoms with Crippen LogP contribution in [0.2, 0.25) is 0 Å². The predicted octanol–water partition coefficient (Wildman–Crippen LogP) is -0.306. The Kier molecular flexibility index (Phi) is 4.85. The predicted molar refractivity (Wildman–Crippen MR) is 44.6 cm³/mol. The Hall–Kier alpha value is -0.580. The molecule has 64 valence electrons. The fourth-order valence-electron chi connectivity index (χ4n) is 0.722. The molecule has 0 bridgehead atoms. The topological polar surface area (TPSA) is 74.9 Å². The molecule has 1 aromatic heterocycles. The number of imidazole rings is 1. The van der Waals surface area contributed by atoms with Crippen molar-refractivity contribution >= 4 is 12.4 Å². The molecule has 0 aromatic carbocycles. The summed E-state index contributed by atoms with van der Waals surface area (Å²) in [4.78, 5) is 6.86. The minimum atomic E-state index is -0.203. The number of aromatic amines is 1. The van der Waals surface area contributed by atoms with Crippen molar-refractivity contribution in [3.8, 4) is 0 Å². The van der Waals surface area contributed by atoms with Gasteiger partial charge in [0.1, 0.15) is 5.82 Å². The van der Waals surface area contributed by atoms with E-state index in [-0.39, 0.29) is 25.1 Å². The van der Waals surface area contributed by atoms with Gasteiger partial charge in [-0.2, -0.15) is 0 Å². The maximum Gasteiger partial charge on any atom is 0.107 e. The molecule has 1 heterocycles. The van der Waals surface area contributed by atoms with Crippen molar-refractivity contribution < 1.29 is 5.11 Å². The smallest absolute Gasteiger partial charge is 0.107 e. The van der Waals surface area contributed by atoms with Gasteiger partial charge in [-0.15, -0.1) is 12.4 Å². The molecule has 5 heteroatoms. The number of H-pyrrole nitrogens is 1. The summed E-state index contributed by atoms with van der Waals surface area (Å²) >= 11 is 0. The van der Waals surface area contributed by atoms with Gasteiger partial charge in [0.15, 0.2) is 0 Å². The van der Waals surface area contributed by atoms with E-state index < -0.39 is 0 Å². The number of rotatable bonds is 3. The molecule has 0 spiro atoms. The van der Waals surface area contributed by atoms with Gasteiger partial charge in [0.05, 0.1) is 6.61 Å². The van der Waals surface area contributed by atoms with Crippen LogP contribution in [-0.4, -0.2) is 27.7 Å². The average Bonchev–Trinajstić information content (AvgIpc) is 2.40. The van der Waals surface area contributed by atoms with Crippen molar-refractivity contribution in [2.24, 2.45) is 5.73 Å². The number of nitrogens with two attached hydrogens (primary N) is 1. The number of hydrogen-bond acceptors (Lipinski definition) is 3. The van der Waals surface area contributed by atoms with Gasteiger partial charge >= 0.3 is 0 Å². The highest BCUT2D eigenvalue weighted by Crippen LogP contribution is 1.92. The lowest BCUT2D eigenvalue weighted by molar-refractivity contribution is 0.264. The van der Waals surface area contributed by atoms with E-state index in [0.717, 1.165) is 5.82 Å². The zero-order valence-corrected chi connectivity index (χ0v) is 6.84. The monoisotopic (exact) mass is 177 g/mol. The zero-order valence-electron chi connectivity index (χ0n) is 6.03. The van der Waals surface area contributed by atoms with Crippen molar-refractivity contribution in [3.05, 3.63) is 18.2 Å². The standard InChI is InChI=1S/C6H11N3O.ClH/c7-5(4-10)3-6-8-1-2-9-6;/h1-2,5,10H,3-4,7H2,(H,8,9);1H. The second-order valence-corrected chi connectivity index (χ2v) is 2.18. The lowest BCUT2D eigenvalue weighted by Gasteiger charge is -2.03. The largest absolute Gasteiger partial charge is 0.395 e. The molecule has 1 atom stereocenters. The summed E-state index contributed by atoms with van der Waals surface area (Å²) in [5.41, 5.74) is 5.45. The lowest BCUT2D eigenvalue weighted by Crippen LogP contribution is -2.27. The van der Waals surface area contributed by atoms with E-state index in [1.165, 1.54) is 0 Å². The van der Waals surface area contributed by atoms with Crippen LogP contribution in [0.25, 0.3) is 0 Å². The molecule has 4 nitrogen and oxygen atoms in total. The number of hydrogen-bond donors (Lipinski definition) is 3. The van der Waals surface area contributed by atoms with E-state index in [0.29, 0.717) is 6.42 Å². The molecule has 4 N–H and O–H groups in total. The first-order chi connectivity index (χ1) is 4.83. The SMILES string of the molecule is Cl.NC(CO)Cc1ncc[nH]1. The Morgan fingerprint density at radius 2 is 2.45 bits per heavy atom. The molecule has 0 fully saturated rings. The Balaban J connectivity index is 0.000001000. The van der Waals surface area contributed by atoms with E-state index >= 15 is 0 Å². The van der Waals surface area contributed by atoms with Gasteiger partial charge in [0.25, 0.3) is 0 Å². The molecule has 0 saturated carbocycles. The van der Waals surface area contributed by atoms with E-state index in [9.17, 15) is 0 Å². The highest BCUT2D eigenvalue weighted by Gasteiger charge is 2.02. The van der Waals surface area contributed by atoms with Crippen LogP contribution < -0.4 is 5.73 Å². The van der Waals surface area contributed by atoms with Crippen LogP contribution in [0.5, 0.6) is 0 Å². The van der Waals surface area contributed by atoms with Crippen LogP contribution in [0.4, 0.5) is 0 Å². The molecule has 0 aliphatic carbocycles. The number of aliphatic hydroxyl groups is 1. The van der Waals surface area contributed by atoms with Gasteiger partial charge in [-0.1, -0.05) is 0 Å². The van der Waals surface area contributed by atoms with E-state index in [4.69, 9.17) is 10.8 Å². The molecule has 1 aromatic rings. The fourth-order valence-corrected chi connectivity index (χ4v) is 0.722. The number of aliphatic hydroxyl groups excluding tert-OH is 1. The highest BCUT2D eigenvalue weighted by molar-refractivity contribution is 5.85. The zero-order chi connectivity index (χ0) is 7.40. The summed E-state index contributed by atoms with van der Waals surface area (Å²) in [5.74, 6) is 0.821. The second kappa shape index (κ2) is 5.12. The first-order valence-electron chi connectivity index (χ1n) is 3.17. The normalized spacial score (nSPS) is 12.2. The molecule has 0 aliphatic heterocycles. The van der Waals surface area contributed by atoms with Crippen LogP contribution in [-0.2, 0) is 6.42 Å². The Labute approximate surface area is 71.2 Å². The summed E-state index contributed by atoms with van der Waals surface area (Å²) in [6.45, 7) is 0.000694. The first kappa shape index (κ1) is 10.4. The van der Waals surface area contributed by atoms with Crippen LogP contribution in [0.15, 0.2) is 12.4 Å². The number of nitrogens with zero attached hydrogens (tertiary/aromatic N) is 1. The van der Waals surface area contributed by atoms with Crippen LogP contribution in [0, 0.1) is 0 Å². The van der Waals surface area contributed by atoms with E-state index in [1.54, 1.807) is 12.4 Å². The van der Waals surface area contributed by atoms with Crippen LogP contribution in [0.1, 0.15) is 5.82 Å². The van der Waals surface area contributed by atoms with Gasteiger partial charge in [-0.25, -0.2) is 4.98 Å². The second-order valence-electron chi connectivity index (χ2n) is 2.18. The van der Waals surface area contributed by atoms with Crippen LogP contribution in [0.3, 0.4) is 0 Å². The molecule has 0 radical (unpaired) electrons. The quantitative estimate of drug-likeness (QED) is 0.593. The Bertz CT molecular complexity index is 178. The van der Waals surface area contributed by atoms with Gasteiger partial charge < -0.3 is 15.8 Å². The average molecular weight is 178 g/mol. The molecule has 0 aliphatic rings. The van der Waals surface area contributed by atoms with Crippen molar-refractivity contribution in [1.82, 2.24) is 9.97 Å². The number of halogens is 1. The molecule has 1 rings (SSSR count). The van der Waals surface area contributed by atoms with Gasteiger partial charge in [0.2, 0.25) is 0 Å². The third-order valence-corrected chi connectivity index (χ3v) is 1.24. The summed E-state index contributed by atoms with van der Waals surface area (Å²) in [7, 11) is 0. The fraction of sp³-hybridized carbons (Fsp3) is 0.500. The van der Waals surface area contributed by atoms with Gasteiger partial charge in [-0.3, -0.25) is 0 Å². The van der Waals surface area contributed by atoms with E-state index in [1.807, 2.05) is 0 Å². The lowest BCUT2D eigenvalue weighted by atomic mass is 10.2. The molecular weight excluding hydrogens is 166 g/mol. The Morgan fingerprint density at radius 3 is 2.91 bits per heavy atom. The van der Waals surface area contributed by atoms with Crippen molar-refractivity contribution in [2.45, 2.75) is 12.5 Å². The van der Waals surface area contributed by atoms with Crippen molar-refractivity contribution in [1.29, 1.82) is 0 Å². The minimum Gasteiger partial charge on any atom is -0.395 e. The summed E-state index contributed by atoms with van der Waals surface area (Å²) < 4.78 is 0. The Morgan fingerprint density at radius 1 is 1.73 bits per heavy atom. The summed E-state index contributed by atoms with van der Waals surface area (Å²) in [5, 5.41) is 8.57. The van der Waals surface area contributed by atoms with Crippen LogP contribution >= 0.6 is 12.4 Å². The number of nitrogens with one attached hydrogen (secondary N) is 1. The third kappa shape index (κ3) is 3.36. The van der Waals surface area contributed by atoms with Gasteiger partial charge in [0, 0.05) is 24.9 Å². The molecule has 1 unspecified atom stereocenters. The molecular formula is C6H12ClN3O. The molecule has 11 heavy (non-hydrogen) atoms.